The Hall–Kier alpha value is -1.35. The highest BCUT2D eigenvalue weighted by molar-refractivity contribution is 5.70. The van der Waals surface area contributed by atoms with Gasteiger partial charge in [-0.3, -0.25) is 4.79 Å². The molecule has 0 heterocycles. The number of ether oxygens (including phenoxy) is 1. The standard InChI is InChI=1S/C16H25NO2/c1-12(2)11-17-15(10-16(18)19-4)9-14-7-5-13(3)6-8-14/h5-8,12,15,17H,9-11H2,1-4H3. The minimum atomic E-state index is -0.159. The Kier molecular flexibility index (Phi) is 6.57. The third-order valence-electron chi connectivity index (χ3n) is 3.06. The molecule has 1 atom stereocenters. The molecule has 0 aliphatic carbocycles. The average molecular weight is 263 g/mol. The van der Waals surface area contributed by atoms with Crippen molar-refractivity contribution in [2.75, 3.05) is 13.7 Å². The summed E-state index contributed by atoms with van der Waals surface area (Å²) in [5.41, 5.74) is 2.50. The van der Waals surface area contributed by atoms with Crippen molar-refractivity contribution < 1.29 is 9.53 Å². The number of carbonyl (C=O) groups excluding carboxylic acids is 1. The molecule has 0 bridgehead atoms. The first-order chi connectivity index (χ1) is 9.01. The molecule has 1 aromatic rings. The van der Waals surface area contributed by atoms with Crippen LogP contribution in [0.15, 0.2) is 24.3 Å². The van der Waals surface area contributed by atoms with Crippen molar-refractivity contribution in [3.05, 3.63) is 35.4 Å². The second kappa shape index (κ2) is 7.95. The lowest BCUT2D eigenvalue weighted by molar-refractivity contribution is -0.141. The fourth-order valence-electron chi connectivity index (χ4n) is 1.91. The van der Waals surface area contributed by atoms with Gasteiger partial charge in [0, 0.05) is 6.04 Å². The van der Waals surface area contributed by atoms with Gasteiger partial charge in [-0.15, -0.1) is 0 Å². The van der Waals surface area contributed by atoms with Crippen LogP contribution in [-0.2, 0) is 16.0 Å². The van der Waals surface area contributed by atoms with Crippen molar-refractivity contribution in [3.8, 4) is 0 Å². The van der Waals surface area contributed by atoms with E-state index in [1.54, 1.807) is 0 Å². The van der Waals surface area contributed by atoms with Crippen molar-refractivity contribution in [3.63, 3.8) is 0 Å². The highest BCUT2D eigenvalue weighted by atomic mass is 16.5. The van der Waals surface area contributed by atoms with E-state index in [0.29, 0.717) is 12.3 Å². The number of rotatable bonds is 7. The molecule has 106 valence electrons. The molecule has 0 spiro atoms. The first-order valence-corrected chi connectivity index (χ1v) is 6.87. The molecule has 0 amide bonds. The van der Waals surface area contributed by atoms with E-state index in [0.717, 1.165) is 13.0 Å². The largest absolute Gasteiger partial charge is 0.469 e. The quantitative estimate of drug-likeness (QED) is 0.769. The summed E-state index contributed by atoms with van der Waals surface area (Å²) in [5.74, 6) is 0.409. The van der Waals surface area contributed by atoms with E-state index in [2.05, 4.69) is 50.4 Å². The lowest BCUT2D eigenvalue weighted by atomic mass is 10.0. The molecule has 1 rings (SSSR count). The second-order valence-electron chi connectivity index (χ2n) is 5.47. The smallest absolute Gasteiger partial charge is 0.307 e. The van der Waals surface area contributed by atoms with E-state index in [1.165, 1.54) is 18.2 Å². The fraction of sp³-hybridized carbons (Fsp3) is 0.562. The predicted octanol–water partition coefficient (Wildman–Crippen LogP) is 2.71. The lowest BCUT2D eigenvalue weighted by Gasteiger charge is -2.19. The van der Waals surface area contributed by atoms with E-state index in [9.17, 15) is 4.79 Å². The van der Waals surface area contributed by atoms with Gasteiger partial charge < -0.3 is 10.1 Å². The molecule has 1 aromatic carbocycles. The predicted molar refractivity (Wildman–Crippen MR) is 78.1 cm³/mol. The zero-order valence-electron chi connectivity index (χ0n) is 12.4. The third kappa shape index (κ3) is 6.39. The molecule has 3 nitrogen and oxygen atoms in total. The summed E-state index contributed by atoms with van der Waals surface area (Å²) in [5, 5.41) is 3.45. The summed E-state index contributed by atoms with van der Waals surface area (Å²) in [6, 6.07) is 8.59. The second-order valence-corrected chi connectivity index (χ2v) is 5.47. The van der Waals surface area contributed by atoms with E-state index >= 15 is 0 Å². The van der Waals surface area contributed by atoms with Crippen LogP contribution in [-0.4, -0.2) is 25.7 Å². The molecule has 19 heavy (non-hydrogen) atoms. The van der Waals surface area contributed by atoms with Crippen LogP contribution in [0.4, 0.5) is 0 Å². The van der Waals surface area contributed by atoms with E-state index in [-0.39, 0.29) is 12.0 Å². The minimum Gasteiger partial charge on any atom is -0.469 e. The number of benzene rings is 1. The number of aryl methyl sites for hydroxylation is 1. The van der Waals surface area contributed by atoms with Crippen molar-refractivity contribution in [1.82, 2.24) is 5.32 Å². The molecule has 0 fully saturated rings. The Bertz CT molecular complexity index is 384. The lowest BCUT2D eigenvalue weighted by Crippen LogP contribution is -2.36. The molecule has 0 aliphatic rings. The maximum atomic E-state index is 11.4. The van der Waals surface area contributed by atoms with Crippen LogP contribution in [0, 0.1) is 12.8 Å². The summed E-state index contributed by atoms with van der Waals surface area (Å²) in [4.78, 5) is 11.4. The first kappa shape index (κ1) is 15.7. The molecule has 0 aromatic heterocycles. The number of nitrogens with one attached hydrogen (secondary N) is 1. The number of carbonyl (C=O) groups is 1. The monoisotopic (exact) mass is 263 g/mol. The number of hydrogen-bond donors (Lipinski definition) is 1. The first-order valence-electron chi connectivity index (χ1n) is 6.87. The van der Waals surface area contributed by atoms with Crippen molar-refractivity contribution >= 4 is 5.97 Å². The number of hydrogen-bond acceptors (Lipinski definition) is 3. The Morgan fingerprint density at radius 2 is 1.89 bits per heavy atom. The third-order valence-corrected chi connectivity index (χ3v) is 3.06. The molecule has 0 saturated heterocycles. The van der Waals surface area contributed by atoms with Gasteiger partial charge in [-0.1, -0.05) is 43.7 Å². The summed E-state index contributed by atoms with van der Waals surface area (Å²) in [6.45, 7) is 7.31. The highest BCUT2D eigenvalue weighted by Gasteiger charge is 2.14. The van der Waals surface area contributed by atoms with Gasteiger partial charge in [0.2, 0.25) is 0 Å². The van der Waals surface area contributed by atoms with Crippen molar-refractivity contribution in [2.24, 2.45) is 5.92 Å². The Morgan fingerprint density at radius 1 is 1.26 bits per heavy atom. The molecule has 3 heteroatoms. The Morgan fingerprint density at radius 3 is 2.42 bits per heavy atom. The van der Waals surface area contributed by atoms with Gasteiger partial charge in [0.15, 0.2) is 0 Å². The van der Waals surface area contributed by atoms with Gasteiger partial charge in [-0.25, -0.2) is 0 Å². The Balaban J connectivity index is 2.61. The minimum absolute atomic E-state index is 0.137. The van der Waals surface area contributed by atoms with Crippen LogP contribution in [0.1, 0.15) is 31.4 Å². The van der Waals surface area contributed by atoms with Gasteiger partial charge in [-0.05, 0) is 31.4 Å². The summed E-state index contributed by atoms with van der Waals surface area (Å²) in [6.07, 6.45) is 1.26. The van der Waals surface area contributed by atoms with Gasteiger partial charge in [0.25, 0.3) is 0 Å². The summed E-state index contributed by atoms with van der Waals surface area (Å²) in [7, 11) is 1.44. The van der Waals surface area contributed by atoms with Crippen LogP contribution in [0.25, 0.3) is 0 Å². The highest BCUT2D eigenvalue weighted by Crippen LogP contribution is 2.09. The average Bonchev–Trinajstić information content (AvgIpc) is 2.38. The topological polar surface area (TPSA) is 38.3 Å². The zero-order chi connectivity index (χ0) is 14.3. The van der Waals surface area contributed by atoms with Gasteiger partial charge in [0.1, 0.15) is 0 Å². The molecule has 0 saturated carbocycles. The van der Waals surface area contributed by atoms with Crippen LogP contribution in [0.2, 0.25) is 0 Å². The van der Waals surface area contributed by atoms with Crippen LogP contribution in [0.5, 0.6) is 0 Å². The maximum absolute atomic E-state index is 11.4. The van der Waals surface area contributed by atoms with Gasteiger partial charge >= 0.3 is 5.97 Å². The number of methoxy groups -OCH3 is 1. The molecule has 1 N–H and O–H groups in total. The van der Waals surface area contributed by atoms with Gasteiger partial charge in [-0.2, -0.15) is 0 Å². The summed E-state index contributed by atoms with van der Waals surface area (Å²) >= 11 is 0. The zero-order valence-corrected chi connectivity index (χ0v) is 12.4. The van der Waals surface area contributed by atoms with Gasteiger partial charge in [0.05, 0.1) is 13.5 Å². The van der Waals surface area contributed by atoms with E-state index in [4.69, 9.17) is 4.74 Å². The van der Waals surface area contributed by atoms with Crippen LogP contribution < -0.4 is 5.32 Å². The molecule has 1 unspecified atom stereocenters. The maximum Gasteiger partial charge on any atom is 0.307 e. The SMILES string of the molecule is COC(=O)CC(Cc1ccc(C)cc1)NCC(C)C. The van der Waals surface area contributed by atoms with E-state index in [1.807, 2.05) is 0 Å². The summed E-state index contributed by atoms with van der Waals surface area (Å²) < 4.78 is 4.77. The normalized spacial score (nSPS) is 12.5. The molecular weight excluding hydrogens is 238 g/mol. The number of esters is 1. The van der Waals surface area contributed by atoms with Crippen molar-refractivity contribution in [1.29, 1.82) is 0 Å². The Labute approximate surface area is 116 Å². The van der Waals surface area contributed by atoms with Crippen LogP contribution in [0.3, 0.4) is 0 Å². The fourth-order valence-corrected chi connectivity index (χ4v) is 1.91. The molecule has 0 aliphatic heterocycles. The van der Waals surface area contributed by atoms with Crippen LogP contribution >= 0.6 is 0 Å². The van der Waals surface area contributed by atoms with E-state index < -0.39 is 0 Å². The molecular formula is C16H25NO2. The van der Waals surface area contributed by atoms with Crippen molar-refractivity contribution in [2.45, 2.75) is 39.7 Å². The molecule has 0 radical (unpaired) electrons.